The molecule has 35 heavy (non-hydrogen) atoms. The summed E-state index contributed by atoms with van der Waals surface area (Å²) in [5, 5.41) is 12.4. The van der Waals surface area contributed by atoms with Crippen LogP contribution < -0.4 is 5.32 Å². The zero-order chi connectivity index (χ0) is 26.5. The van der Waals surface area contributed by atoms with Crippen LogP contribution >= 0.6 is 0 Å². The molecule has 6 nitrogen and oxygen atoms in total. The lowest BCUT2D eigenvalue weighted by Crippen LogP contribution is -2.43. The van der Waals surface area contributed by atoms with Crippen LogP contribution in [0.3, 0.4) is 0 Å². The first kappa shape index (κ1) is 32.1. The fraction of sp³-hybridized carbons (Fsp3) is 0.517. The van der Waals surface area contributed by atoms with Crippen LogP contribution in [0.2, 0.25) is 0 Å². The minimum absolute atomic E-state index is 0.403. The van der Waals surface area contributed by atoms with E-state index in [4.69, 9.17) is 5.11 Å². The van der Waals surface area contributed by atoms with Crippen LogP contribution in [0.15, 0.2) is 60.5 Å². The smallest absolute Gasteiger partial charge is 0.210 e. The van der Waals surface area contributed by atoms with Gasteiger partial charge in [-0.15, -0.1) is 0 Å². The molecule has 6 heteroatoms. The summed E-state index contributed by atoms with van der Waals surface area (Å²) in [7, 11) is 0. The Kier molecular flexibility index (Phi) is 18.8. The van der Waals surface area contributed by atoms with E-state index in [1.165, 1.54) is 25.9 Å². The lowest BCUT2D eigenvalue weighted by atomic mass is 9.98. The third kappa shape index (κ3) is 13.0. The van der Waals surface area contributed by atoms with E-state index in [0.29, 0.717) is 31.1 Å². The number of carbonyl (C=O) groups excluding carboxylic acids is 2. The molecule has 0 unspecified atom stereocenters. The average molecular weight is 486 g/mol. The van der Waals surface area contributed by atoms with E-state index in [1.54, 1.807) is 11.0 Å². The lowest BCUT2D eigenvalue weighted by molar-refractivity contribution is -0.118. The molecular formula is C29H47N3O3. The average Bonchev–Trinajstić information content (AvgIpc) is 2.90. The first-order chi connectivity index (χ1) is 17.0. The molecule has 0 spiro atoms. The highest BCUT2D eigenvalue weighted by Gasteiger charge is 2.20. The second-order valence-corrected chi connectivity index (χ2v) is 8.04. The number of piperazine rings is 1. The molecule has 0 aliphatic carbocycles. The van der Waals surface area contributed by atoms with E-state index >= 15 is 0 Å². The highest BCUT2D eigenvalue weighted by molar-refractivity contribution is 5.73. The van der Waals surface area contributed by atoms with Crippen molar-refractivity contribution in [2.45, 2.75) is 60.3 Å². The van der Waals surface area contributed by atoms with E-state index in [1.807, 2.05) is 56.9 Å². The molecule has 2 N–H and O–H groups in total. The van der Waals surface area contributed by atoms with Crippen LogP contribution in [-0.2, 0) is 16.0 Å². The Balaban J connectivity index is 0.000000501. The third-order valence-corrected chi connectivity index (χ3v) is 5.59. The predicted octanol–water partition coefficient (Wildman–Crippen LogP) is 5.31. The van der Waals surface area contributed by atoms with Crippen molar-refractivity contribution in [3.05, 3.63) is 66.0 Å². The van der Waals surface area contributed by atoms with Crippen LogP contribution in [0.1, 0.15) is 59.4 Å². The molecule has 196 valence electrons. The number of allylic oxidation sites excluding steroid dienone is 4. The third-order valence-electron chi connectivity index (χ3n) is 5.59. The number of amides is 1. The molecule has 1 aromatic carbocycles. The minimum atomic E-state index is 0.403. The van der Waals surface area contributed by atoms with Crippen molar-refractivity contribution in [2.75, 3.05) is 32.7 Å². The molecule has 2 aliphatic rings. The molecule has 3 rings (SSSR count). The standard InChI is InChI=1S/C11H16N2O2.C8H15N.C8H10O.C2H6/c1-3-4-11(8-14)13-6-5-12(9-15)7-10(13)2;1-2-3-8-4-6-9-7-5-8;1-2-7-5-3-4-6-8(7)9;1-2/h4,8-9H,2-3,5-7H2,1H3;2-3,8-9H,4-7H2,1H3;3-6,9H,2H2,1H3;1-2H3/b11-4-;3-2+;;. The summed E-state index contributed by atoms with van der Waals surface area (Å²) in [5.41, 5.74) is 2.45. The summed E-state index contributed by atoms with van der Waals surface area (Å²) in [4.78, 5) is 24.9. The Labute approximate surface area is 213 Å². The molecule has 2 saturated heterocycles. The van der Waals surface area contributed by atoms with Crippen LogP contribution in [-0.4, -0.2) is 60.3 Å². The number of nitrogens with one attached hydrogen (secondary N) is 1. The predicted molar refractivity (Wildman–Crippen MR) is 147 cm³/mol. The highest BCUT2D eigenvalue weighted by Crippen LogP contribution is 2.16. The first-order valence-corrected chi connectivity index (χ1v) is 12.9. The molecule has 0 radical (unpaired) electrons. The van der Waals surface area contributed by atoms with Crippen molar-refractivity contribution in [2.24, 2.45) is 5.92 Å². The first-order valence-electron chi connectivity index (χ1n) is 12.9. The molecule has 0 saturated carbocycles. The number of phenols is 1. The second kappa shape index (κ2) is 20.5. The van der Waals surface area contributed by atoms with Gasteiger partial charge in [0.05, 0.1) is 12.2 Å². The van der Waals surface area contributed by atoms with E-state index < -0.39 is 0 Å². The fourth-order valence-electron chi connectivity index (χ4n) is 3.74. The molecule has 2 fully saturated rings. The molecule has 1 aromatic rings. The second-order valence-electron chi connectivity index (χ2n) is 8.04. The van der Waals surface area contributed by atoms with E-state index in [-0.39, 0.29) is 0 Å². The Morgan fingerprint density at radius 3 is 2.26 bits per heavy atom. The van der Waals surface area contributed by atoms with Crippen LogP contribution in [0.25, 0.3) is 0 Å². The number of aromatic hydroxyl groups is 1. The maximum Gasteiger partial charge on any atom is 0.210 e. The Morgan fingerprint density at radius 2 is 1.80 bits per heavy atom. The van der Waals surface area contributed by atoms with Crippen molar-refractivity contribution in [1.82, 2.24) is 15.1 Å². The summed E-state index contributed by atoms with van der Waals surface area (Å²) in [6.45, 7) is 18.2. The topological polar surface area (TPSA) is 72.9 Å². The van der Waals surface area contributed by atoms with Crippen LogP contribution in [0.4, 0.5) is 0 Å². The summed E-state index contributed by atoms with van der Waals surface area (Å²) >= 11 is 0. The van der Waals surface area contributed by atoms with Gasteiger partial charge in [-0.25, -0.2) is 0 Å². The number of para-hydroxylation sites is 1. The molecular weight excluding hydrogens is 438 g/mol. The number of nitrogens with zero attached hydrogens (tertiary/aromatic N) is 2. The summed E-state index contributed by atoms with van der Waals surface area (Å²) in [5.74, 6) is 1.26. The van der Waals surface area contributed by atoms with E-state index in [9.17, 15) is 9.59 Å². The van der Waals surface area contributed by atoms with Crippen LogP contribution in [0.5, 0.6) is 5.75 Å². The highest BCUT2D eigenvalue weighted by atomic mass is 16.3. The number of aldehydes is 1. The van der Waals surface area contributed by atoms with Crippen molar-refractivity contribution in [3.63, 3.8) is 0 Å². The van der Waals surface area contributed by atoms with Gasteiger partial charge < -0.3 is 20.2 Å². The molecule has 0 aromatic heterocycles. The molecule has 2 aliphatic heterocycles. The number of phenolic OH excluding ortho intramolecular Hbond substituents is 1. The van der Waals surface area contributed by atoms with E-state index in [0.717, 1.165) is 42.7 Å². The van der Waals surface area contributed by atoms with Gasteiger partial charge in [0.25, 0.3) is 0 Å². The van der Waals surface area contributed by atoms with Crippen molar-refractivity contribution in [3.8, 4) is 5.75 Å². The molecule has 2 heterocycles. The summed E-state index contributed by atoms with van der Waals surface area (Å²) in [6.07, 6.45) is 12.4. The van der Waals surface area contributed by atoms with Crippen molar-refractivity contribution in [1.29, 1.82) is 0 Å². The Hall–Kier alpha value is -2.86. The van der Waals surface area contributed by atoms with Gasteiger partial charge in [-0.1, -0.05) is 70.7 Å². The number of hydrogen-bond donors (Lipinski definition) is 2. The number of benzene rings is 1. The van der Waals surface area contributed by atoms with Crippen molar-refractivity contribution < 1.29 is 14.7 Å². The number of carbonyl (C=O) groups is 2. The summed E-state index contributed by atoms with van der Waals surface area (Å²) < 4.78 is 0. The van der Waals surface area contributed by atoms with Crippen molar-refractivity contribution >= 4 is 12.7 Å². The van der Waals surface area contributed by atoms with Gasteiger partial charge in [0.1, 0.15) is 5.75 Å². The maximum atomic E-state index is 10.9. The van der Waals surface area contributed by atoms with Crippen LogP contribution in [0, 0.1) is 5.92 Å². The number of piperidine rings is 1. The fourth-order valence-corrected chi connectivity index (χ4v) is 3.74. The van der Waals surface area contributed by atoms with E-state index in [2.05, 4.69) is 31.0 Å². The number of aryl methyl sites for hydroxylation is 1. The van der Waals surface area contributed by atoms with Gasteiger partial charge in [0, 0.05) is 18.8 Å². The molecule has 0 atom stereocenters. The Bertz CT molecular complexity index is 783. The normalized spacial score (nSPS) is 16.3. The zero-order valence-electron chi connectivity index (χ0n) is 22.5. The minimum Gasteiger partial charge on any atom is -0.508 e. The largest absolute Gasteiger partial charge is 0.508 e. The van der Waals surface area contributed by atoms with Gasteiger partial charge in [-0.05, 0) is 63.2 Å². The monoisotopic (exact) mass is 485 g/mol. The molecule has 0 bridgehead atoms. The zero-order valence-corrected chi connectivity index (χ0v) is 22.5. The number of hydrogen-bond acceptors (Lipinski definition) is 5. The molecule has 1 amide bonds. The van der Waals surface area contributed by atoms with Gasteiger partial charge >= 0.3 is 0 Å². The summed E-state index contributed by atoms with van der Waals surface area (Å²) in [6, 6.07) is 7.39. The van der Waals surface area contributed by atoms with Gasteiger partial charge in [0.15, 0.2) is 6.29 Å². The van der Waals surface area contributed by atoms with Gasteiger partial charge in [-0.3, -0.25) is 9.59 Å². The van der Waals surface area contributed by atoms with Gasteiger partial charge in [-0.2, -0.15) is 0 Å². The van der Waals surface area contributed by atoms with Gasteiger partial charge in [0.2, 0.25) is 6.41 Å². The number of rotatable bonds is 6. The Morgan fingerprint density at radius 1 is 1.14 bits per heavy atom. The quantitative estimate of drug-likeness (QED) is 0.325. The SMILES string of the molecule is C/C=C/C1CCNCC1.C=C1CN(C=O)CCN1/C(C=O)=C\CC.CC.CCc1ccccc1O. The maximum absolute atomic E-state index is 10.9. The lowest BCUT2D eigenvalue weighted by Gasteiger charge is -2.35.